The van der Waals surface area contributed by atoms with Gasteiger partial charge in [0.15, 0.2) is 17.5 Å². The van der Waals surface area contributed by atoms with Gasteiger partial charge in [-0.25, -0.2) is 15.0 Å². The molecule has 0 amide bonds. The van der Waals surface area contributed by atoms with Gasteiger partial charge in [-0.2, -0.15) is 0 Å². The second-order valence-electron chi connectivity index (χ2n) is 7.06. The minimum atomic E-state index is 0.614. The van der Waals surface area contributed by atoms with Crippen molar-refractivity contribution in [3.63, 3.8) is 0 Å². The molecular weight excluding hydrogens is 402 g/mol. The Morgan fingerprint density at radius 1 is 0.387 bits per heavy atom. The van der Waals surface area contributed by atoms with Crippen molar-refractivity contribution >= 4 is 11.6 Å². The largest absolute Gasteiger partial charge is 0.208 e. The summed E-state index contributed by atoms with van der Waals surface area (Å²) in [5.41, 5.74) is 4.73. The van der Waals surface area contributed by atoms with E-state index in [-0.39, 0.29) is 0 Å². The molecule has 0 bridgehead atoms. The minimum Gasteiger partial charge on any atom is -0.208 e. The topological polar surface area (TPSA) is 38.7 Å². The number of benzene rings is 4. The lowest BCUT2D eigenvalue weighted by Gasteiger charge is -2.12. The summed E-state index contributed by atoms with van der Waals surface area (Å²) in [6.45, 7) is 0. The van der Waals surface area contributed by atoms with Gasteiger partial charge in [0.2, 0.25) is 0 Å². The van der Waals surface area contributed by atoms with E-state index in [1.165, 1.54) is 0 Å². The van der Waals surface area contributed by atoms with Gasteiger partial charge < -0.3 is 0 Å². The van der Waals surface area contributed by atoms with E-state index in [9.17, 15) is 0 Å². The zero-order valence-electron chi connectivity index (χ0n) is 16.6. The van der Waals surface area contributed by atoms with Crippen LogP contribution in [0.15, 0.2) is 109 Å². The summed E-state index contributed by atoms with van der Waals surface area (Å²) in [5.74, 6) is 1.89. The molecule has 0 atom stereocenters. The molecule has 148 valence electrons. The molecule has 0 aliphatic carbocycles. The molecule has 5 rings (SSSR count). The van der Waals surface area contributed by atoms with Crippen molar-refractivity contribution in [3.05, 3.63) is 114 Å². The van der Waals surface area contributed by atoms with Crippen LogP contribution in [-0.2, 0) is 0 Å². The van der Waals surface area contributed by atoms with E-state index >= 15 is 0 Å². The zero-order chi connectivity index (χ0) is 21.0. The van der Waals surface area contributed by atoms with Crippen molar-refractivity contribution < 1.29 is 0 Å². The van der Waals surface area contributed by atoms with Crippen molar-refractivity contribution in [2.24, 2.45) is 0 Å². The summed E-state index contributed by atoms with van der Waals surface area (Å²) in [6, 6.07) is 35.8. The third-order valence-corrected chi connectivity index (χ3v) is 5.36. The maximum Gasteiger partial charge on any atom is 0.164 e. The summed E-state index contributed by atoms with van der Waals surface area (Å²) in [6.07, 6.45) is 0. The maximum absolute atomic E-state index is 6.52. The third-order valence-electron chi connectivity index (χ3n) is 5.03. The molecule has 0 radical (unpaired) electrons. The molecule has 4 heteroatoms. The van der Waals surface area contributed by atoms with Gasteiger partial charge in [0.1, 0.15) is 0 Å². The predicted molar refractivity (Wildman–Crippen MR) is 127 cm³/mol. The summed E-state index contributed by atoms with van der Waals surface area (Å²) in [5, 5.41) is 0.690. The van der Waals surface area contributed by atoms with Crippen molar-refractivity contribution in [3.8, 4) is 45.3 Å². The minimum absolute atomic E-state index is 0.614. The van der Waals surface area contributed by atoms with Crippen LogP contribution >= 0.6 is 11.6 Å². The molecular formula is C27H18ClN3. The van der Waals surface area contributed by atoms with Gasteiger partial charge in [0.05, 0.1) is 0 Å². The SMILES string of the molecule is Clc1ccccc1-c1ccccc1-c1nc(-c2ccccc2)nc(-c2ccccc2)n1. The van der Waals surface area contributed by atoms with Gasteiger partial charge in [-0.3, -0.25) is 0 Å². The Morgan fingerprint density at radius 2 is 0.806 bits per heavy atom. The zero-order valence-corrected chi connectivity index (χ0v) is 17.4. The van der Waals surface area contributed by atoms with Crippen molar-refractivity contribution in [2.45, 2.75) is 0 Å². The highest BCUT2D eigenvalue weighted by atomic mass is 35.5. The molecule has 0 saturated carbocycles. The fourth-order valence-corrected chi connectivity index (χ4v) is 3.76. The van der Waals surface area contributed by atoms with E-state index in [1.807, 2.05) is 109 Å². The average Bonchev–Trinajstić information content (AvgIpc) is 2.85. The fourth-order valence-electron chi connectivity index (χ4n) is 3.52. The number of rotatable bonds is 4. The Kier molecular flexibility index (Phi) is 5.26. The van der Waals surface area contributed by atoms with Crippen LogP contribution in [0.3, 0.4) is 0 Å². The quantitative estimate of drug-likeness (QED) is 0.309. The average molecular weight is 420 g/mol. The summed E-state index contributed by atoms with van der Waals surface area (Å²) < 4.78 is 0. The predicted octanol–water partition coefficient (Wildman–Crippen LogP) is 7.19. The first-order valence-corrected chi connectivity index (χ1v) is 10.4. The number of nitrogens with zero attached hydrogens (tertiary/aromatic N) is 3. The van der Waals surface area contributed by atoms with Crippen LogP contribution < -0.4 is 0 Å². The summed E-state index contributed by atoms with van der Waals surface area (Å²) >= 11 is 6.52. The van der Waals surface area contributed by atoms with Gasteiger partial charge in [-0.05, 0) is 11.6 Å². The standard InChI is InChI=1S/C27H18ClN3/c28-24-18-10-9-16-22(24)21-15-7-8-17-23(21)27-30-25(19-11-3-1-4-12-19)29-26(31-27)20-13-5-2-6-14-20/h1-18H. The van der Waals surface area contributed by atoms with Crippen LogP contribution in [0.2, 0.25) is 5.02 Å². The van der Waals surface area contributed by atoms with Crippen LogP contribution in [0.25, 0.3) is 45.3 Å². The monoisotopic (exact) mass is 419 g/mol. The Bertz CT molecular complexity index is 1280. The molecule has 5 aromatic rings. The number of halogens is 1. The van der Waals surface area contributed by atoms with Gasteiger partial charge in [0.25, 0.3) is 0 Å². The highest BCUT2D eigenvalue weighted by Gasteiger charge is 2.16. The Hall–Kier alpha value is -3.82. The maximum atomic E-state index is 6.52. The molecule has 0 aliphatic rings. The molecule has 0 N–H and O–H groups in total. The van der Waals surface area contributed by atoms with Gasteiger partial charge in [-0.15, -0.1) is 0 Å². The molecule has 4 aromatic carbocycles. The van der Waals surface area contributed by atoms with E-state index in [4.69, 9.17) is 26.6 Å². The van der Waals surface area contributed by atoms with Crippen LogP contribution in [-0.4, -0.2) is 15.0 Å². The molecule has 1 aromatic heterocycles. The second-order valence-corrected chi connectivity index (χ2v) is 7.47. The molecule has 0 unspecified atom stereocenters. The first-order chi connectivity index (χ1) is 15.3. The van der Waals surface area contributed by atoms with Crippen molar-refractivity contribution in [1.29, 1.82) is 0 Å². The molecule has 1 heterocycles. The number of hydrogen-bond acceptors (Lipinski definition) is 3. The summed E-state index contributed by atoms with van der Waals surface area (Å²) in [4.78, 5) is 14.5. The summed E-state index contributed by atoms with van der Waals surface area (Å²) in [7, 11) is 0. The van der Waals surface area contributed by atoms with Crippen LogP contribution in [0.1, 0.15) is 0 Å². The molecule has 0 aliphatic heterocycles. The highest BCUT2D eigenvalue weighted by Crippen LogP contribution is 2.35. The molecule has 31 heavy (non-hydrogen) atoms. The van der Waals surface area contributed by atoms with E-state index in [0.29, 0.717) is 22.5 Å². The van der Waals surface area contributed by atoms with Crippen LogP contribution in [0, 0.1) is 0 Å². The first-order valence-electron chi connectivity index (χ1n) is 10.0. The molecule has 3 nitrogen and oxygen atoms in total. The molecule has 0 spiro atoms. The Balaban J connectivity index is 1.75. The van der Waals surface area contributed by atoms with Gasteiger partial charge >= 0.3 is 0 Å². The van der Waals surface area contributed by atoms with Crippen molar-refractivity contribution in [2.75, 3.05) is 0 Å². The lowest BCUT2D eigenvalue weighted by Crippen LogP contribution is -2.01. The van der Waals surface area contributed by atoms with Gasteiger partial charge in [0, 0.05) is 27.3 Å². The third kappa shape index (κ3) is 3.96. The second kappa shape index (κ2) is 8.50. The molecule has 0 fully saturated rings. The Morgan fingerprint density at radius 3 is 1.35 bits per heavy atom. The fraction of sp³-hybridized carbons (Fsp3) is 0. The normalized spacial score (nSPS) is 10.7. The van der Waals surface area contributed by atoms with Crippen molar-refractivity contribution in [1.82, 2.24) is 15.0 Å². The van der Waals surface area contributed by atoms with E-state index < -0.39 is 0 Å². The highest BCUT2D eigenvalue weighted by molar-refractivity contribution is 6.33. The lowest BCUT2D eigenvalue weighted by molar-refractivity contribution is 1.07. The first kappa shape index (κ1) is 19.2. The molecule has 0 saturated heterocycles. The van der Waals surface area contributed by atoms with E-state index in [1.54, 1.807) is 0 Å². The van der Waals surface area contributed by atoms with E-state index in [2.05, 4.69) is 0 Å². The van der Waals surface area contributed by atoms with Crippen LogP contribution in [0.4, 0.5) is 0 Å². The van der Waals surface area contributed by atoms with Gasteiger partial charge in [-0.1, -0.05) is 115 Å². The lowest BCUT2D eigenvalue weighted by atomic mass is 9.99. The smallest absolute Gasteiger partial charge is 0.164 e. The number of aromatic nitrogens is 3. The number of hydrogen-bond donors (Lipinski definition) is 0. The van der Waals surface area contributed by atoms with E-state index in [0.717, 1.165) is 27.8 Å². The van der Waals surface area contributed by atoms with Crippen LogP contribution in [0.5, 0.6) is 0 Å². The Labute approximate surface area is 186 Å².